The van der Waals surface area contributed by atoms with Crippen LogP contribution in [0.2, 0.25) is 0 Å². The molecule has 0 aliphatic carbocycles. The van der Waals surface area contributed by atoms with E-state index in [1.807, 2.05) is 13.8 Å². The van der Waals surface area contributed by atoms with E-state index in [0.29, 0.717) is 5.69 Å². The number of rotatable bonds is 6. The van der Waals surface area contributed by atoms with Gasteiger partial charge in [0.2, 0.25) is 11.8 Å². The first kappa shape index (κ1) is 17.7. The highest BCUT2D eigenvalue weighted by atomic mass is 16.5. The van der Waals surface area contributed by atoms with Gasteiger partial charge < -0.3 is 15.0 Å². The summed E-state index contributed by atoms with van der Waals surface area (Å²) in [5.74, 6) is -1.03. The van der Waals surface area contributed by atoms with Crippen molar-refractivity contribution < 1.29 is 19.1 Å². The van der Waals surface area contributed by atoms with E-state index in [1.54, 1.807) is 31.2 Å². The SMILES string of the molecule is CCOC(=O)c1ccccc1NC(=O)CN(C(C)=O)C(C)C. The molecule has 6 heteroatoms. The predicted molar refractivity (Wildman–Crippen MR) is 83.6 cm³/mol. The van der Waals surface area contributed by atoms with E-state index in [-0.39, 0.29) is 36.6 Å². The molecule has 0 bridgehead atoms. The quantitative estimate of drug-likeness (QED) is 0.816. The summed E-state index contributed by atoms with van der Waals surface area (Å²) >= 11 is 0. The van der Waals surface area contributed by atoms with Gasteiger partial charge in [0.15, 0.2) is 0 Å². The highest BCUT2D eigenvalue weighted by Crippen LogP contribution is 2.16. The molecule has 1 rings (SSSR count). The summed E-state index contributed by atoms with van der Waals surface area (Å²) in [5.41, 5.74) is 0.662. The zero-order chi connectivity index (χ0) is 16.7. The molecule has 2 amide bonds. The van der Waals surface area contributed by atoms with Gasteiger partial charge in [-0.15, -0.1) is 0 Å². The van der Waals surface area contributed by atoms with Crippen LogP contribution in [0.15, 0.2) is 24.3 Å². The van der Waals surface area contributed by atoms with Crippen molar-refractivity contribution in [3.8, 4) is 0 Å². The predicted octanol–water partition coefficient (Wildman–Crippen LogP) is 2.06. The molecule has 22 heavy (non-hydrogen) atoms. The van der Waals surface area contributed by atoms with Crippen LogP contribution in [0.25, 0.3) is 0 Å². The number of hydrogen-bond acceptors (Lipinski definition) is 4. The molecule has 1 aromatic rings. The van der Waals surface area contributed by atoms with Crippen molar-refractivity contribution in [2.45, 2.75) is 33.7 Å². The lowest BCUT2D eigenvalue weighted by Gasteiger charge is -2.24. The van der Waals surface area contributed by atoms with Gasteiger partial charge in [0, 0.05) is 13.0 Å². The zero-order valence-electron chi connectivity index (χ0n) is 13.4. The average molecular weight is 306 g/mol. The second kappa shape index (κ2) is 8.17. The number of carbonyl (C=O) groups excluding carboxylic acids is 3. The molecule has 120 valence electrons. The standard InChI is InChI=1S/C16H22N2O4/c1-5-22-16(21)13-8-6-7-9-14(13)17-15(20)10-18(11(2)3)12(4)19/h6-9,11H,5,10H2,1-4H3,(H,17,20). The Hall–Kier alpha value is -2.37. The molecular formula is C16H22N2O4. The summed E-state index contributed by atoms with van der Waals surface area (Å²) in [4.78, 5) is 36.9. The average Bonchev–Trinajstić information content (AvgIpc) is 2.45. The van der Waals surface area contributed by atoms with Crippen molar-refractivity contribution in [1.82, 2.24) is 4.90 Å². The molecule has 0 saturated carbocycles. The van der Waals surface area contributed by atoms with Gasteiger partial charge in [-0.05, 0) is 32.9 Å². The van der Waals surface area contributed by atoms with Gasteiger partial charge in [-0.3, -0.25) is 9.59 Å². The Kier molecular flexibility index (Phi) is 6.56. The first-order valence-corrected chi connectivity index (χ1v) is 7.20. The van der Waals surface area contributed by atoms with Crippen LogP contribution in [0.1, 0.15) is 38.1 Å². The largest absolute Gasteiger partial charge is 0.462 e. The van der Waals surface area contributed by atoms with Crippen LogP contribution >= 0.6 is 0 Å². The molecule has 0 fully saturated rings. The van der Waals surface area contributed by atoms with Crippen molar-refractivity contribution in [2.24, 2.45) is 0 Å². The molecule has 0 heterocycles. The number of amides is 2. The van der Waals surface area contributed by atoms with E-state index in [4.69, 9.17) is 4.74 Å². The van der Waals surface area contributed by atoms with Gasteiger partial charge in [-0.25, -0.2) is 4.79 Å². The van der Waals surface area contributed by atoms with Crippen molar-refractivity contribution in [3.63, 3.8) is 0 Å². The van der Waals surface area contributed by atoms with E-state index < -0.39 is 5.97 Å². The van der Waals surface area contributed by atoms with Crippen LogP contribution in [-0.4, -0.2) is 41.9 Å². The maximum absolute atomic E-state index is 12.1. The number of nitrogens with zero attached hydrogens (tertiary/aromatic N) is 1. The number of esters is 1. The molecule has 0 aliphatic rings. The maximum atomic E-state index is 12.1. The van der Waals surface area contributed by atoms with Gasteiger partial charge in [0.1, 0.15) is 6.54 Å². The van der Waals surface area contributed by atoms with E-state index in [1.165, 1.54) is 11.8 Å². The zero-order valence-corrected chi connectivity index (χ0v) is 13.4. The fourth-order valence-electron chi connectivity index (χ4n) is 1.98. The number of ether oxygens (including phenoxy) is 1. The van der Waals surface area contributed by atoms with Crippen molar-refractivity contribution in [1.29, 1.82) is 0 Å². The van der Waals surface area contributed by atoms with Crippen molar-refractivity contribution in [3.05, 3.63) is 29.8 Å². The number of anilines is 1. The fourth-order valence-corrected chi connectivity index (χ4v) is 1.98. The molecule has 0 saturated heterocycles. The first-order valence-electron chi connectivity index (χ1n) is 7.20. The summed E-state index contributed by atoms with van der Waals surface area (Å²) < 4.78 is 4.95. The van der Waals surface area contributed by atoms with Crippen molar-refractivity contribution in [2.75, 3.05) is 18.5 Å². The van der Waals surface area contributed by atoms with Gasteiger partial charge in [-0.2, -0.15) is 0 Å². The third-order valence-corrected chi connectivity index (χ3v) is 3.04. The minimum absolute atomic E-state index is 0.0653. The minimum Gasteiger partial charge on any atom is -0.462 e. The smallest absolute Gasteiger partial charge is 0.340 e. The molecule has 0 atom stereocenters. The number of carbonyl (C=O) groups is 3. The monoisotopic (exact) mass is 306 g/mol. The third-order valence-electron chi connectivity index (χ3n) is 3.04. The summed E-state index contributed by atoms with van der Waals surface area (Å²) in [6.45, 7) is 6.99. The minimum atomic E-state index is -0.495. The molecule has 0 aromatic heterocycles. The Balaban J connectivity index is 2.84. The lowest BCUT2D eigenvalue weighted by atomic mass is 10.1. The Morgan fingerprint density at radius 3 is 2.41 bits per heavy atom. The second-order valence-corrected chi connectivity index (χ2v) is 5.05. The van der Waals surface area contributed by atoms with Crippen LogP contribution in [-0.2, 0) is 14.3 Å². The molecular weight excluding hydrogens is 284 g/mol. The Bertz CT molecular complexity index is 555. The molecule has 0 unspecified atom stereocenters. The lowest BCUT2D eigenvalue weighted by molar-refractivity contribution is -0.134. The van der Waals surface area contributed by atoms with Crippen molar-refractivity contribution >= 4 is 23.5 Å². The number of hydrogen-bond donors (Lipinski definition) is 1. The van der Waals surface area contributed by atoms with Gasteiger partial charge in [-0.1, -0.05) is 12.1 Å². The van der Waals surface area contributed by atoms with E-state index in [9.17, 15) is 14.4 Å². The van der Waals surface area contributed by atoms with Gasteiger partial charge in [0.05, 0.1) is 17.9 Å². The first-order chi connectivity index (χ1) is 10.4. The molecule has 0 radical (unpaired) electrons. The topological polar surface area (TPSA) is 75.7 Å². The molecule has 0 aliphatic heterocycles. The van der Waals surface area contributed by atoms with Crippen LogP contribution < -0.4 is 5.32 Å². The maximum Gasteiger partial charge on any atom is 0.340 e. The fraction of sp³-hybridized carbons (Fsp3) is 0.438. The Morgan fingerprint density at radius 2 is 1.86 bits per heavy atom. The highest BCUT2D eigenvalue weighted by molar-refractivity contribution is 6.02. The number of para-hydroxylation sites is 1. The van der Waals surface area contributed by atoms with Crippen LogP contribution in [0.5, 0.6) is 0 Å². The highest BCUT2D eigenvalue weighted by Gasteiger charge is 2.19. The van der Waals surface area contributed by atoms with Gasteiger partial charge in [0.25, 0.3) is 0 Å². The number of nitrogens with one attached hydrogen (secondary N) is 1. The second-order valence-electron chi connectivity index (χ2n) is 5.05. The van der Waals surface area contributed by atoms with Crippen LogP contribution in [0.3, 0.4) is 0 Å². The molecule has 1 aromatic carbocycles. The van der Waals surface area contributed by atoms with E-state index in [0.717, 1.165) is 0 Å². The lowest BCUT2D eigenvalue weighted by Crippen LogP contribution is -2.41. The number of benzene rings is 1. The summed E-state index contributed by atoms with van der Waals surface area (Å²) in [5, 5.41) is 2.66. The Morgan fingerprint density at radius 1 is 1.23 bits per heavy atom. The molecule has 6 nitrogen and oxygen atoms in total. The van der Waals surface area contributed by atoms with Crippen LogP contribution in [0, 0.1) is 0 Å². The van der Waals surface area contributed by atoms with Gasteiger partial charge >= 0.3 is 5.97 Å². The summed E-state index contributed by atoms with van der Waals surface area (Å²) in [6, 6.07) is 6.53. The summed E-state index contributed by atoms with van der Waals surface area (Å²) in [6.07, 6.45) is 0. The Labute approximate surface area is 130 Å². The molecule has 1 N–H and O–H groups in total. The molecule has 0 spiro atoms. The van der Waals surface area contributed by atoms with E-state index in [2.05, 4.69) is 5.32 Å². The third kappa shape index (κ3) is 4.87. The summed E-state index contributed by atoms with van der Waals surface area (Å²) in [7, 11) is 0. The van der Waals surface area contributed by atoms with E-state index >= 15 is 0 Å². The van der Waals surface area contributed by atoms with Crippen LogP contribution in [0.4, 0.5) is 5.69 Å². The normalized spacial score (nSPS) is 10.2.